The molecule has 1 aliphatic rings. The number of carbonyl (C=O) groups excluding carboxylic acids is 2. The van der Waals surface area contributed by atoms with Crippen molar-refractivity contribution in [2.24, 2.45) is 0 Å². The van der Waals surface area contributed by atoms with Crippen LogP contribution in [0, 0.1) is 0 Å². The predicted molar refractivity (Wildman–Crippen MR) is 124 cm³/mol. The molecule has 1 fully saturated rings. The Morgan fingerprint density at radius 3 is 2.03 bits per heavy atom. The van der Waals surface area contributed by atoms with E-state index < -0.39 is 0 Å². The number of benzene rings is 3. The van der Waals surface area contributed by atoms with Crippen molar-refractivity contribution in [2.75, 3.05) is 18.0 Å². The minimum atomic E-state index is 0.0184. The summed E-state index contributed by atoms with van der Waals surface area (Å²) in [6, 6.07) is 28.6. The second-order valence-electron chi connectivity index (χ2n) is 8.00. The van der Waals surface area contributed by atoms with Gasteiger partial charge in [0.25, 0.3) is 0 Å². The van der Waals surface area contributed by atoms with Gasteiger partial charge >= 0.3 is 0 Å². The number of hydrogen-bond acceptors (Lipinski definition) is 2. The van der Waals surface area contributed by atoms with Gasteiger partial charge in [-0.1, -0.05) is 72.8 Å². The van der Waals surface area contributed by atoms with Crippen LogP contribution in [0.15, 0.2) is 84.9 Å². The second kappa shape index (κ2) is 10.1. The zero-order valence-electron chi connectivity index (χ0n) is 17.7. The molecule has 4 nitrogen and oxygen atoms in total. The fourth-order valence-corrected chi connectivity index (χ4v) is 4.22. The minimum Gasteiger partial charge on any atom is -0.356 e. The molecule has 31 heavy (non-hydrogen) atoms. The number of nitrogens with zero attached hydrogens (tertiary/aromatic N) is 1. The van der Waals surface area contributed by atoms with Gasteiger partial charge in [0.15, 0.2) is 0 Å². The maximum atomic E-state index is 12.5. The summed E-state index contributed by atoms with van der Waals surface area (Å²) in [5.74, 6) is 0.446. The third-order valence-electron chi connectivity index (χ3n) is 5.85. The number of amides is 2. The van der Waals surface area contributed by atoms with E-state index in [1.165, 1.54) is 11.1 Å². The molecule has 4 rings (SSSR count). The standard InChI is InChI=1S/C27H28N2O2/c30-26(20-21-13-15-24(16-14-21)29-19-7-12-27(29)31)28-18-17-25(22-8-3-1-4-9-22)23-10-5-2-6-11-23/h1-6,8-11,13-16,25H,7,12,17-20H2,(H,28,30). The van der Waals surface area contributed by atoms with E-state index in [9.17, 15) is 9.59 Å². The summed E-state index contributed by atoms with van der Waals surface area (Å²) in [6.07, 6.45) is 2.72. The molecule has 1 saturated heterocycles. The summed E-state index contributed by atoms with van der Waals surface area (Å²) < 4.78 is 0. The van der Waals surface area contributed by atoms with E-state index in [4.69, 9.17) is 0 Å². The molecule has 0 spiro atoms. The first kappa shape index (κ1) is 20.9. The average Bonchev–Trinajstić information content (AvgIpc) is 3.24. The van der Waals surface area contributed by atoms with Crippen molar-refractivity contribution in [3.63, 3.8) is 0 Å². The monoisotopic (exact) mass is 412 g/mol. The van der Waals surface area contributed by atoms with Gasteiger partial charge in [0.05, 0.1) is 6.42 Å². The highest BCUT2D eigenvalue weighted by atomic mass is 16.2. The van der Waals surface area contributed by atoms with E-state index in [-0.39, 0.29) is 17.7 Å². The Morgan fingerprint density at radius 1 is 0.871 bits per heavy atom. The van der Waals surface area contributed by atoms with E-state index in [2.05, 4.69) is 53.8 Å². The van der Waals surface area contributed by atoms with Gasteiger partial charge in [-0.3, -0.25) is 9.59 Å². The van der Waals surface area contributed by atoms with Gasteiger partial charge < -0.3 is 10.2 Å². The first-order chi connectivity index (χ1) is 15.2. The quantitative estimate of drug-likeness (QED) is 0.583. The Balaban J connectivity index is 1.32. The number of anilines is 1. The van der Waals surface area contributed by atoms with Gasteiger partial charge in [-0.05, 0) is 41.7 Å². The molecule has 1 N–H and O–H groups in total. The van der Waals surface area contributed by atoms with Crippen LogP contribution in [0.3, 0.4) is 0 Å². The first-order valence-corrected chi connectivity index (χ1v) is 11.0. The highest BCUT2D eigenvalue weighted by molar-refractivity contribution is 5.95. The molecule has 4 heteroatoms. The zero-order valence-corrected chi connectivity index (χ0v) is 17.7. The van der Waals surface area contributed by atoms with Crippen molar-refractivity contribution in [2.45, 2.75) is 31.6 Å². The molecule has 0 atom stereocenters. The fraction of sp³-hybridized carbons (Fsp3) is 0.259. The van der Waals surface area contributed by atoms with Gasteiger partial charge in [-0.25, -0.2) is 0 Å². The number of nitrogens with one attached hydrogen (secondary N) is 1. The Morgan fingerprint density at radius 2 is 1.48 bits per heavy atom. The lowest BCUT2D eigenvalue weighted by Crippen LogP contribution is -2.27. The van der Waals surface area contributed by atoms with Crippen LogP contribution in [0.25, 0.3) is 0 Å². The van der Waals surface area contributed by atoms with Gasteiger partial charge in [0.1, 0.15) is 0 Å². The van der Waals surface area contributed by atoms with E-state index in [0.717, 1.165) is 30.6 Å². The molecule has 2 amide bonds. The highest BCUT2D eigenvalue weighted by Crippen LogP contribution is 2.27. The van der Waals surface area contributed by atoms with Crippen LogP contribution in [0.1, 0.15) is 41.9 Å². The SMILES string of the molecule is O=C(Cc1ccc(N2CCCC2=O)cc1)NCCC(c1ccccc1)c1ccccc1. The summed E-state index contributed by atoms with van der Waals surface area (Å²) in [4.78, 5) is 26.2. The smallest absolute Gasteiger partial charge is 0.227 e. The van der Waals surface area contributed by atoms with Gasteiger partial charge in [-0.2, -0.15) is 0 Å². The molecule has 1 aliphatic heterocycles. The normalized spacial score (nSPS) is 13.6. The van der Waals surface area contributed by atoms with Gasteiger partial charge in [-0.15, -0.1) is 0 Å². The summed E-state index contributed by atoms with van der Waals surface area (Å²) in [5, 5.41) is 3.07. The molecule has 0 aromatic heterocycles. The van der Waals surface area contributed by atoms with Crippen molar-refractivity contribution >= 4 is 17.5 Å². The maximum Gasteiger partial charge on any atom is 0.227 e. The number of hydrogen-bond donors (Lipinski definition) is 1. The molecule has 0 bridgehead atoms. The van der Waals surface area contributed by atoms with E-state index in [0.29, 0.717) is 19.4 Å². The Labute approximate surface area is 183 Å². The molecule has 3 aromatic carbocycles. The van der Waals surface area contributed by atoms with E-state index >= 15 is 0 Å². The summed E-state index contributed by atoms with van der Waals surface area (Å²) in [7, 11) is 0. The number of carbonyl (C=O) groups is 2. The maximum absolute atomic E-state index is 12.5. The third-order valence-corrected chi connectivity index (χ3v) is 5.85. The lowest BCUT2D eigenvalue weighted by molar-refractivity contribution is -0.120. The molecule has 158 valence electrons. The fourth-order valence-electron chi connectivity index (χ4n) is 4.22. The molecule has 0 saturated carbocycles. The Bertz CT molecular complexity index is 961. The number of rotatable bonds is 8. The van der Waals surface area contributed by atoms with Crippen LogP contribution in [0.4, 0.5) is 5.69 Å². The van der Waals surface area contributed by atoms with Gasteiger partial charge in [0, 0.05) is 31.1 Å². The summed E-state index contributed by atoms with van der Waals surface area (Å²) in [6.45, 7) is 1.40. The van der Waals surface area contributed by atoms with Crippen LogP contribution in [-0.4, -0.2) is 24.9 Å². The molecule has 0 unspecified atom stereocenters. The largest absolute Gasteiger partial charge is 0.356 e. The zero-order chi connectivity index (χ0) is 21.5. The predicted octanol–water partition coefficient (Wildman–Crippen LogP) is 4.69. The van der Waals surface area contributed by atoms with E-state index in [1.54, 1.807) is 0 Å². The second-order valence-corrected chi connectivity index (χ2v) is 8.00. The molecule has 1 heterocycles. The lowest BCUT2D eigenvalue weighted by atomic mass is 9.88. The lowest BCUT2D eigenvalue weighted by Gasteiger charge is -2.18. The molecular formula is C27H28N2O2. The van der Waals surface area contributed by atoms with Gasteiger partial charge in [0.2, 0.25) is 11.8 Å². The van der Waals surface area contributed by atoms with Crippen molar-refractivity contribution < 1.29 is 9.59 Å². The van der Waals surface area contributed by atoms with Crippen molar-refractivity contribution in [3.8, 4) is 0 Å². The van der Waals surface area contributed by atoms with Crippen LogP contribution in [-0.2, 0) is 16.0 Å². The van der Waals surface area contributed by atoms with Crippen molar-refractivity contribution in [3.05, 3.63) is 102 Å². The minimum absolute atomic E-state index is 0.0184. The highest BCUT2D eigenvalue weighted by Gasteiger charge is 2.21. The first-order valence-electron chi connectivity index (χ1n) is 11.0. The summed E-state index contributed by atoms with van der Waals surface area (Å²) >= 11 is 0. The van der Waals surface area contributed by atoms with Crippen molar-refractivity contribution in [1.29, 1.82) is 0 Å². The third kappa shape index (κ3) is 5.40. The molecule has 0 aliphatic carbocycles. The van der Waals surface area contributed by atoms with Crippen LogP contribution >= 0.6 is 0 Å². The molecule has 0 radical (unpaired) electrons. The Kier molecular flexibility index (Phi) is 6.78. The molecular weight excluding hydrogens is 384 g/mol. The van der Waals surface area contributed by atoms with Crippen LogP contribution in [0.2, 0.25) is 0 Å². The Hall–Kier alpha value is -3.40. The van der Waals surface area contributed by atoms with Crippen molar-refractivity contribution in [1.82, 2.24) is 5.32 Å². The molecule has 3 aromatic rings. The van der Waals surface area contributed by atoms with Crippen LogP contribution < -0.4 is 10.2 Å². The average molecular weight is 413 g/mol. The summed E-state index contributed by atoms with van der Waals surface area (Å²) in [5.41, 5.74) is 4.39. The topological polar surface area (TPSA) is 49.4 Å². The van der Waals surface area contributed by atoms with E-state index in [1.807, 2.05) is 41.3 Å². The van der Waals surface area contributed by atoms with Crippen LogP contribution in [0.5, 0.6) is 0 Å².